The smallest absolute Gasteiger partial charge is 0.272 e. The molecule has 2 aliphatic rings. The number of nitrogens with zero attached hydrogens (tertiary/aromatic N) is 5. The van der Waals surface area contributed by atoms with Gasteiger partial charge in [-0.2, -0.15) is 0 Å². The van der Waals surface area contributed by atoms with Crippen LogP contribution in [-0.2, 0) is 0 Å². The van der Waals surface area contributed by atoms with Crippen LogP contribution in [0.1, 0.15) is 30.3 Å². The Balaban J connectivity index is 1.39. The van der Waals surface area contributed by atoms with Crippen molar-refractivity contribution in [3.8, 4) is 0 Å². The lowest BCUT2D eigenvalue weighted by Crippen LogP contribution is -2.49. The Labute approximate surface area is 171 Å². The molecule has 4 rings (SSSR count). The van der Waals surface area contributed by atoms with Gasteiger partial charge in [-0.25, -0.2) is 9.97 Å². The number of hydrogen-bond acceptors (Lipinski definition) is 5. The summed E-state index contributed by atoms with van der Waals surface area (Å²) in [6, 6.07) is 9.70. The molecular weight excluding hydrogens is 374 g/mol. The van der Waals surface area contributed by atoms with Crippen molar-refractivity contribution in [2.75, 3.05) is 49.1 Å². The summed E-state index contributed by atoms with van der Waals surface area (Å²) in [6.45, 7) is 7.18. The summed E-state index contributed by atoms with van der Waals surface area (Å²) in [7, 11) is 0. The van der Waals surface area contributed by atoms with Gasteiger partial charge >= 0.3 is 0 Å². The van der Waals surface area contributed by atoms with Crippen molar-refractivity contribution in [3.63, 3.8) is 0 Å². The van der Waals surface area contributed by atoms with Crippen LogP contribution in [0.5, 0.6) is 0 Å². The molecule has 1 aromatic carbocycles. The molecule has 0 radical (unpaired) electrons. The van der Waals surface area contributed by atoms with Gasteiger partial charge in [-0.15, -0.1) is 0 Å². The van der Waals surface area contributed by atoms with Gasteiger partial charge < -0.3 is 14.7 Å². The number of carbonyl (C=O) groups is 1. The molecule has 1 amide bonds. The third-order valence-corrected chi connectivity index (χ3v) is 5.95. The molecule has 2 saturated heterocycles. The van der Waals surface area contributed by atoms with E-state index in [0.717, 1.165) is 48.6 Å². The van der Waals surface area contributed by atoms with E-state index in [1.807, 2.05) is 29.2 Å². The van der Waals surface area contributed by atoms with Gasteiger partial charge in [0, 0.05) is 56.0 Å². The standard InChI is InChI=1S/C21H26ClN5O/c1-16-5-7-26(8-6-16)20-14-19(23-15-24-20)21(28)27-11-9-25(10-12-27)18-4-2-3-17(22)13-18/h2-4,13-16H,5-12H2,1H3. The number of benzene rings is 1. The molecular formula is C21H26ClN5O. The molecule has 0 bridgehead atoms. The van der Waals surface area contributed by atoms with Crippen LogP contribution in [0.25, 0.3) is 0 Å². The Bertz CT molecular complexity index is 829. The van der Waals surface area contributed by atoms with E-state index >= 15 is 0 Å². The highest BCUT2D eigenvalue weighted by Gasteiger charge is 2.25. The summed E-state index contributed by atoms with van der Waals surface area (Å²) in [4.78, 5) is 28.0. The Morgan fingerprint density at radius 3 is 2.46 bits per heavy atom. The molecule has 2 fully saturated rings. The molecule has 6 nitrogen and oxygen atoms in total. The average molecular weight is 400 g/mol. The Morgan fingerprint density at radius 1 is 1.00 bits per heavy atom. The van der Waals surface area contributed by atoms with E-state index in [1.165, 1.54) is 19.2 Å². The lowest BCUT2D eigenvalue weighted by Gasteiger charge is -2.36. The van der Waals surface area contributed by atoms with Crippen molar-refractivity contribution in [2.45, 2.75) is 19.8 Å². The van der Waals surface area contributed by atoms with Gasteiger partial charge in [0.25, 0.3) is 5.91 Å². The fraction of sp³-hybridized carbons (Fsp3) is 0.476. The van der Waals surface area contributed by atoms with Gasteiger partial charge in [-0.05, 0) is 37.0 Å². The zero-order chi connectivity index (χ0) is 19.5. The second-order valence-corrected chi connectivity index (χ2v) is 8.13. The van der Waals surface area contributed by atoms with Crippen LogP contribution in [0, 0.1) is 5.92 Å². The van der Waals surface area contributed by atoms with Gasteiger partial charge in [0.2, 0.25) is 0 Å². The van der Waals surface area contributed by atoms with Crippen LogP contribution in [0.3, 0.4) is 0 Å². The van der Waals surface area contributed by atoms with Gasteiger partial charge in [-0.3, -0.25) is 4.79 Å². The van der Waals surface area contributed by atoms with Crippen LogP contribution in [0.15, 0.2) is 36.7 Å². The number of amides is 1. The normalized spacial score (nSPS) is 18.4. The van der Waals surface area contributed by atoms with Crippen LogP contribution >= 0.6 is 11.6 Å². The minimum Gasteiger partial charge on any atom is -0.368 e. The average Bonchev–Trinajstić information content (AvgIpc) is 2.74. The SMILES string of the molecule is CC1CCN(c2cc(C(=O)N3CCN(c4cccc(Cl)c4)CC3)ncn2)CC1. The predicted octanol–water partition coefficient (Wildman–Crippen LogP) is 3.33. The summed E-state index contributed by atoms with van der Waals surface area (Å²) in [5.41, 5.74) is 1.59. The van der Waals surface area contributed by atoms with E-state index in [2.05, 4.69) is 32.8 Å². The first-order chi connectivity index (χ1) is 13.6. The highest BCUT2D eigenvalue weighted by Crippen LogP contribution is 2.23. The molecule has 1 aromatic heterocycles. The monoisotopic (exact) mass is 399 g/mol. The number of carbonyl (C=O) groups excluding carboxylic acids is 1. The van der Waals surface area contributed by atoms with Crippen molar-refractivity contribution >= 4 is 29.0 Å². The molecule has 0 unspecified atom stereocenters. The van der Waals surface area contributed by atoms with Crippen molar-refractivity contribution in [2.24, 2.45) is 5.92 Å². The summed E-state index contributed by atoms with van der Waals surface area (Å²) in [5.74, 6) is 1.61. The second kappa shape index (κ2) is 8.35. The zero-order valence-corrected chi connectivity index (χ0v) is 17.0. The van der Waals surface area contributed by atoms with Crippen LogP contribution in [0.4, 0.5) is 11.5 Å². The molecule has 0 spiro atoms. The van der Waals surface area contributed by atoms with Crippen LogP contribution < -0.4 is 9.80 Å². The van der Waals surface area contributed by atoms with E-state index in [4.69, 9.17) is 11.6 Å². The van der Waals surface area contributed by atoms with Gasteiger partial charge in [-0.1, -0.05) is 24.6 Å². The molecule has 2 aromatic rings. The second-order valence-electron chi connectivity index (χ2n) is 7.69. The quantitative estimate of drug-likeness (QED) is 0.792. The molecule has 28 heavy (non-hydrogen) atoms. The number of hydrogen-bond donors (Lipinski definition) is 0. The molecule has 2 aliphatic heterocycles. The first kappa shape index (κ1) is 19.0. The fourth-order valence-corrected chi connectivity index (χ4v) is 4.06. The maximum absolute atomic E-state index is 13.0. The van der Waals surface area contributed by atoms with E-state index in [9.17, 15) is 4.79 Å². The Morgan fingerprint density at radius 2 is 1.75 bits per heavy atom. The number of aromatic nitrogens is 2. The Hall–Kier alpha value is -2.34. The minimum atomic E-state index is -0.0141. The summed E-state index contributed by atoms with van der Waals surface area (Å²) < 4.78 is 0. The third-order valence-electron chi connectivity index (χ3n) is 5.72. The summed E-state index contributed by atoms with van der Waals surface area (Å²) in [5, 5.41) is 0.733. The maximum Gasteiger partial charge on any atom is 0.272 e. The van der Waals surface area contributed by atoms with Crippen LogP contribution in [-0.4, -0.2) is 60.0 Å². The number of piperazine rings is 1. The highest BCUT2D eigenvalue weighted by molar-refractivity contribution is 6.30. The zero-order valence-electron chi connectivity index (χ0n) is 16.2. The molecule has 3 heterocycles. The molecule has 0 saturated carbocycles. The highest BCUT2D eigenvalue weighted by atomic mass is 35.5. The topological polar surface area (TPSA) is 52.6 Å². The van der Waals surface area contributed by atoms with E-state index < -0.39 is 0 Å². The largest absolute Gasteiger partial charge is 0.368 e. The lowest BCUT2D eigenvalue weighted by molar-refractivity contribution is 0.0740. The van der Waals surface area contributed by atoms with Crippen molar-refractivity contribution < 1.29 is 4.79 Å². The van der Waals surface area contributed by atoms with Crippen molar-refractivity contribution in [3.05, 3.63) is 47.4 Å². The van der Waals surface area contributed by atoms with Crippen molar-refractivity contribution in [1.29, 1.82) is 0 Å². The molecule has 7 heteroatoms. The number of halogens is 1. The lowest BCUT2D eigenvalue weighted by atomic mass is 9.99. The molecule has 0 atom stereocenters. The molecule has 0 N–H and O–H groups in total. The van der Waals surface area contributed by atoms with Gasteiger partial charge in [0.05, 0.1) is 0 Å². The number of piperidine rings is 1. The third kappa shape index (κ3) is 4.22. The fourth-order valence-electron chi connectivity index (χ4n) is 3.88. The van der Waals surface area contributed by atoms with Gasteiger partial charge in [0.15, 0.2) is 0 Å². The summed E-state index contributed by atoms with van der Waals surface area (Å²) >= 11 is 6.10. The summed E-state index contributed by atoms with van der Waals surface area (Å²) in [6.07, 6.45) is 3.85. The van der Waals surface area contributed by atoms with Gasteiger partial charge in [0.1, 0.15) is 17.8 Å². The number of rotatable bonds is 3. The Kier molecular flexibility index (Phi) is 5.67. The maximum atomic E-state index is 13.0. The van der Waals surface area contributed by atoms with E-state index in [1.54, 1.807) is 0 Å². The number of anilines is 2. The van der Waals surface area contributed by atoms with E-state index in [-0.39, 0.29) is 5.91 Å². The molecule has 148 valence electrons. The minimum absolute atomic E-state index is 0.0141. The van der Waals surface area contributed by atoms with Crippen LogP contribution in [0.2, 0.25) is 5.02 Å². The van der Waals surface area contributed by atoms with E-state index in [0.29, 0.717) is 18.8 Å². The predicted molar refractivity (Wildman–Crippen MR) is 112 cm³/mol. The molecule has 0 aliphatic carbocycles. The van der Waals surface area contributed by atoms with Crippen molar-refractivity contribution in [1.82, 2.24) is 14.9 Å². The first-order valence-corrected chi connectivity index (χ1v) is 10.3. The first-order valence-electron chi connectivity index (χ1n) is 9.97.